The molecule has 0 bridgehead atoms. The zero-order valence-electron chi connectivity index (χ0n) is 18.1. The van der Waals surface area contributed by atoms with Gasteiger partial charge >= 0.3 is 0 Å². The van der Waals surface area contributed by atoms with Crippen molar-refractivity contribution in [2.75, 3.05) is 36.8 Å². The molecule has 0 radical (unpaired) electrons. The van der Waals surface area contributed by atoms with Crippen LogP contribution in [0, 0.1) is 12.3 Å². The number of aryl methyl sites for hydroxylation is 1. The Kier molecular flexibility index (Phi) is 5.87. The van der Waals surface area contributed by atoms with E-state index in [4.69, 9.17) is 0 Å². The fourth-order valence-corrected chi connectivity index (χ4v) is 8.51. The molecule has 1 saturated heterocycles. The molecular formula is C21H29N3O4S3. The summed E-state index contributed by atoms with van der Waals surface area (Å²) in [6.07, 6.45) is 6.23. The lowest BCUT2D eigenvalue weighted by molar-refractivity contribution is 0.0955. The predicted octanol–water partition coefficient (Wildman–Crippen LogP) is 3.88. The van der Waals surface area contributed by atoms with Crippen LogP contribution in [-0.4, -0.2) is 48.3 Å². The van der Waals surface area contributed by atoms with Gasteiger partial charge in [-0.05, 0) is 61.8 Å². The molecular weight excluding hydrogens is 454 g/mol. The van der Waals surface area contributed by atoms with Crippen molar-refractivity contribution in [3.63, 3.8) is 0 Å². The van der Waals surface area contributed by atoms with Crippen molar-refractivity contribution in [3.05, 3.63) is 35.9 Å². The summed E-state index contributed by atoms with van der Waals surface area (Å²) in [6.45, 7) is 3.83. The molecule has 4 rings (SSSR count). The van der Waals surface area contributed by atoms with Crippen LogP contribution in [0.15, 0.2) is 38.8 Å². The number of rotatable bonds is 6. The van der Waals surface area contributed by atoms with Crippen LogP contribution in [0.3, 0.4) is 0 Å². The molecule has 1 aromatic carbocycles. The zero-order valence-corrected chi connectivity index (χ0v) is 20.5. The number of piperidine rings is 1. The topological polar surface area (TPSA) is 86.8 Å². The van der Waals surface area contributed by atoms with E-state index in [1.165, 1.54) is 45.5 Å². The molecule has 10 heteroatoms. The summed E-state index contributed by atoms with van der Waals surface area (Å²) in [5.74, 6) is 0. The summed E-state index contributed by atoms with van der Waals surface area (Å²) in [7, 11) is -4.74. The SMILES string of the molecule is Cc1cccc(NS(=O)(=O)c2ccc(S(=O)(=O)N(C)C)s2)c1N1CCC2(CCC2)CC1. The summed E-state index contributed by atoms with van der Waals surface area (Å²) < 4.78 is 54.6. The highest BCUT2D eigenvalue weighted by Crippen LogP contribution is 2.50. The van der Waals surface area contributed by atoms with Crippen molar-refractivity contribution < 1.29 is 16.8 Å². The minimum Gasteiger partial charge on any atom is -0.370 e. The van der Waals surface area contributed by atoms with E-state index < -0.39 is 20.0 Å². The lowest BCUT2D eigenvalue weighted by Crippen LogP contribution is -2.44. The molecule has 170 valence electrons. The number of nitrogens with zero attached hydrogens (tertiary/aromatic N) is 2. The maximum atomic E-state index is 13.1. The third kappa shape index (κ3) is 4.22. The summed E-state index contributed by atoms with van der Waals surface area (Å²) in [5, 5.41) is 0. The highest BCUT2D eigenvalue weighted by Gasteiger charge is 2.40. The minimum atomic E-state index is -3.91. The van der Waals surface area contributed by atoms with Crippen LogP contribution in [0.5, 0.6) is 0 Å². The number of anilines is 2. The van der Waals surface area contributed by atoms with Gasteiger partial charge < -0.3 is 4.90 Å². The van der Waals surface area contributed by atoms with Gasteiger partial charge in [0.25, 0.3) is 20.0 Å². The lowest BCUT2D eigenvalue weighted by atomic mass is 9.63. The normalized spacial score (nSPS) is 18.9. The first-order valence-electron chi connectivity index (χ1n) is 10.4. The van der Waals surface area contributed by atoms with Crippen molar-refractivity contribution in [1.82, 2.24) is 4.31 Å². The van der Waals surface area contributed by atoms with Crippen molar-refractivity contribution in [1.29, 1.82) is 0 Å². The van der Waals surface area contributed by atoms with E-state index in [2.05, 4.69) is 9.62 Å². The summed E-state index contributed by atoms with van der Waals surface area (Å²) >= 11 is 0.757. The minimum absolute atomic E-state index is 0.00386. The number of sulfonamides is 2. The Bertz CT molecular complexity index is 1170. The van der Waals surface area contributed by atoms with Gasteiger partial charge in [-0.2, -0.15) is 0 Å². The Morgan fingerprint density at radius 1 is 0.968 bits per heavy atom. The lowest BCUT2D eigenvalue weighted by Gasteiger charge is -2.49. The van der Waals surface area contributed by atoms with Crippen LogP contribution in [0.4, 0.5) is 11.4 Å². The van der Waals surface area contributed by atoms with Crippen LogP contribution in [-0.2, 0) is 20.0 Å². The Morgan fingerprint density at radius 2 is 1.61 bits per heavy atom. The van der Waals surface area contributed by atoms with Gasteiger partial charge in [0.15, 0.2) is 0 Å². The van der Waals surface area contributed by atoms with Crippen molar-refractivity contribution in [2.24, 2.45) is 5.41 Å². The molecule has 0 unspecified atom stereocenters. The summed E-state index contributed by atoms with van der Waals surface area (Å²) in [6, 6.07) is 8.30. The van der Waals surface area contributed by atoms with E-state index in [-0.39, 0.29) is 8.42 Å². The van der Waals surface area contributed by atoms with E-state index in [1.807, 2.05) is 19.1 Å². The third-order valence-corrected chi connectivity index (χ3v) is 11.8. The van der Waals surface area contributed by atoms with Crippen molar-refractivity contribution in [3.8, 4) is 0 Å². The van der Waals surface area contributed by atoms with Gasteiger partial charge in [-0.15, -0.1) is 11.3 Å². The van der Waals surface area contributed by atoms with Gasteiger partial charge in [-0.1, -0.05) is 18.6 Å². The van der Waals surface area contributed by atoms with Gasteiger partial charge in [-0.25, -0.2) is 21.1 Å². The molecule has 2 heterocycles. The van der Waals surface area contributed by atoms with E-state index in [1.54, 1.807) is 6.07 Å². The Hall–Kier alpha value is -1.62. The quantitative estimate of drug-likeness (QED) is 0.674. The van der Waals surface area contributed by atoms with Crippen LogP contribution < -0.4 is 9.62 Å². The standard InChI is InChI=1S/C21H29N3O4S3/c1-16-6-4-7-17(20(16)24-14-12-21(13-15-24)10-5-11-21)22-30(25,26)18-8-9-19(29-18)31(27,28)23(2)3/h4,6-9,22H,5,10-15H2,1-3H3. The second-order valence-electron chi connectivity index (χ2n) is 8.78. The van der Waals surface area contributed by atoms with Gasteiger partial charge in [0.1, 0.15) is 8.42 Å². The van der Waals surface area contributed by atoms with E-state index in [0.717, 1.165) is 52.8 Å². The first-order chi connectivity index (χ1) is 14.5. The number of hydrogen-bond acceptors (Lipinski definition) is 6. The van der Waals surface area contributed by atoms with E-state index in [9.17, 15) is 16.8 Å². The van der Waals surface area contributed by atoms with Crippen LogP contribution in [0.25, 0.3) is 0 Å². The highest BCUT2D eigenvalue weighted by atomic mass is 32.3. The molecule has 1 spiro atoms. The van der Waals surface area contributed by atoms with Gasteiger partial charge in [0.2, 0.25) is 0 Å². The van der Waals surface area contributed by atoms with Gasteiger partial charge in [0.05, 0.1) is 11.4 Å². The molecule has 2 aromatic rings. The van der Waals surface area contributed by atoms with Crippen LogP contribution >= 0.6 is 11.3 Å². The number of benzene rings is 1. The number of nitrogens with one attached hydrogen (secondary N) is 1. The molecule has 1 saturated carbocycles. The smallest absolute Gasteiger partial charge is 0.271 e. The second-order valence-corrected chi connectivity index (χ2v) is 14.1. The molecule has 2 aliphatic rings. The molecule has 31 heavy (non-hydrogen) atoms. The molecule has 0 amide bonds. The van der Waals surface area contributed by atoms with E-state index >= 15 is 0 Å². The van der Waals surface area contributed by atoms with Crippen molar-refractivity contribution in [2.45, 2.75) is 47.4 Å². The molecule has 1 N–H and O–H groups in total. The fourth-order valence-electron chi connectivity index (χ4n) is 4.50. The molecule has 1 aliphatic carbocycles. The van der Waals surface area contributed by atoms with E-state index in [0.29, 0.717) is 11.1 Å². The number of para-hydroxylation sites is 1. The molecule has 0 atom stereocenters. The highest BCUT2D eigenvalue weighted by molar-refractivity contribution is 7.96. The third-order valence-electron chi connectivity index (χ3n) is 6.59. The first kappa shape index (κ1) is 22.6. The molecule has 1 aliphatic heterocycles. The maximum Gasteiger partial charge on any atom is 0.271 e. The first-order valence-corrected chi connectivity index (χ1v) is 14.2. The Balaban J connectivity index is 1.60. The molecule has 2 fully saturated rings. The second kappa shape index (κ2) is 8.06. The van der Waals surface area contributed by atoms with Gasteiger partial charge in [0, 0.05) is 27.2 Å². The average molecular weight is 484 g/mol. The fraction of sp³-hybridized carbons (Fsp3) is 0.524. The summed E-state index contributed by atoms with van der Waals surface area (Å²) in [4.78, 5) is 2.28. The Labute approximate surface area is 189 Å². The van der Waals surface area contributed by atoms with Crippen LogP contribution in [0.1, 0.15) is 37.7 Å². The Morgan fingerprint density at radius 3 is 2.19 bits per heavy atom. The van der Waals surface area contributed by atoms with Gasteiger partial charge in [-0.3, -0.25) is 4.72 Å². The molecule has 1 aromatic heterocycles. The number of thiophene rings is 1. The zero-order chi connectivity index (χ0) is 22.4. The van der Waals surface area contributed by atoms with Crippen molar-refractivity contribution >= 4 is 42.8 Å². The largest absolute Gasteiger partial charge is 0.370 e. The van der Waals surface area contributed by atoms with Crippen LogP contribution in [0.2, 0.25) is 0 Å². The monoisotopic (exact) mass is 483 g/mol. The average Bonchev–Trinajstić information content (AvgIpc) is 3.19. The summed E-state index contributed by atoms with van der Waals surface area (Å²) in [5.41, 5.74) is 2.98. The number of hydrogen-bond donors (Lipinski definition) is 1. The molecule has 7 nitrogen and oxygen atoms in total. The maximum absolute atomic E-state index is 13.1. The predicted molar refractivity (Wildman–Crippen MR) is 125 cm³/mol.